The molecule has 2 N–H and O–H groups in total. The van der Waals surface area contributed by atoms with Gasteiger partial charge in [-0.15, -0.1) is 0 Å². The van der Waals surface area contributed by atoms with Crippen LogP contribution in [0.1, 0.15) is 12.5 Å². The van der Waals surface area contributed by atoms with Crippen molar-refractivity contribution < 1.29 is 14.2 Å². The number of hydrogen-bond donors (Lipinski definition) is 2. The van der Waals surface area contributed by atoms with Gasteiger partial charge in [-0.05, 0) is 43.3 Å². The number of aliphatic hydroxyl groups excluding tert-OH is 1. The van der Waals surface area contributed by atoms with Crippen molar-refractivity contribution in [3.05, 3.63) is 86.9 Å². The van der Waals surface area contributed by atoms with Crippen molar-refractivity contribution in [1.82, 2.24) is 15.1 Å². The van der Waals surface area contributed by atoms with Crippen molar-refractivity contribution in [3.63, 3.8) is 0 Å². The van der Waals surface area contributed by atoms with E-state index >= 15 is 0 Å². The smallest absolute Gasteiger partial charge is 0.280 e. The van der Waals surface area contributed by atoms with E-state index in [1.54, 1.807) is 37.3 Å². The molecule has 1 heterocycles. The fraction of sp³-hybridized carbons (Fsp3) is 0.217. The Labute approximate surface area is 194 Å². The Morgan fingerprint density at radius 2 is 2.00 bits per heavy atom. The molecule has 0 aliphatic rings. The Bertz CT molecular complexity index is 1200. The first kappa shape index (κ1) is 23.9. The van der Waals surface area contributed by atoms with Gasteiger partial charge in [0.05, 0.1) is 45.7 Å². The van der Waals surface area contributed by atoms with Crippen LogP contribution in [0.2, 0.25) is 10.0 Å². The molecule has 0 bridgehead atoms. The summed E-state index contributed by atoms with van der Waals surface area (Å²) in [4.78, 5) is 13.3. The lowest BCUT2D eigenvalue weighted by atomic mass is 10.1. The summed E-state index contributed by atoms with van der Waals surface area (Å²) in [5.41, 5.74) is 1.17. The molecule has 168 valence electrons. The third-order valence-corrected chi connectivity index (χ3v) is 5.74. The monoisotopic (exact) mass is 477 g/mol. The van der Waals surface area contributed by atoms with Crippen LogP contribution in [0.4, 0.5) is 4.39 Å². The molecule has 3 rings (SSSR count). The molecule has 0 aliphatic heterocycles. The standard InChI is InChI=1S/C23H22Cl2FN3O3/c1-13(27-22(12-30)14(2)32-3)18-11-21(15-7-8-19(24)20(25)9-15)28-29(23(18)31)17-6-4-5-16(26)10-17/h4-11,14,22,27,30H,1,12H2,2-3H3/t14?,22-/m1/s1. The molecule has 0 saturated heterocycles. The van der Waals surface area contributed by atoms with Crippen molar-refractivity contribution in [1.29, 1.82) is 0 Å². The summed E-state index contributed by atoms with van der Waals surface area (Å²) in [5, 5.41) is 17.8. The summed E-state index contributed by atoms with van der Waals surface area (Å²) < 4.78 is 20.2. The van der Waals surface area contributed by atoms with Crippen LogP contribution in [0, 0.1) is 5.82 Å². The maximum absolute atomic E-state index is 13.9. The fourth-order valence-corrected chi connectivity index (χ4v) is 3.37. The van der Waals surface area contributed by atoms with Crippen molar-refractivity contribution in [3.8, 4) is 16.9 Å². The summed E-state index contributed by atoms with van der Waals surface area (Å²) in [6.45, 7) is 5.51. The Hall–Kier alpha value is -2.71. The molecule has 0 fully saturated rings. The number of aliphatic hydroxyl groups is 1. The number of aromatic nitrogens is 2. The molecule has 2 atom stereocenters. The van der Waals surface area contributed by atoms with E-state index in [4.69, 9.17) is 27.9 Å². The molecule has 9 heteroatoms. The average molecular weight is 478 g/mol. The number of rotatable bonds is 8. The molecule has 0 spiro atoms. The molecular weight excluding hydrogens is 456 g/mol. The molecule has 32 heavy (non-hydrogen) atoms. The third kappa shape index (κ3) is 5.19. The van der Waals surface area contributed by atoms with Crippen molar-refractivity contribution in [2.75, 3.05) is 13.7 Å². The van der Waals surface area contributed by atoms with Crippen LogP contribution in [0.25, 0.3) is 22.6 Å². The molecule has 1 aromatic heterocycles. The SMILES string of the molecule is C=C(N[C@H](CO)C(C)OC)c1cc(-c2ccc(Cl)c(Cl)c2)nn(-c2cccc(F)c2)c1=O. The van der Waals surface area contributed by atoms with Crippen molar-refractivity contribution in [2.45, 2.75) is 19.1 Å². The van der Waals surface area contributed by atoms with Gasteiger partial charge in [-0.25, -0.2) is 4.39 Å². The molecular formula is C23H22Cl2FN3O3. The second kappa shape index (κ2) is 10.3. The molecule has 1 unspecified atom stereocenters. The number of halogens is 3. The van der Waals surface area contributed by atoms with Crippen LogP contribution >= 0.6 is 23.2 Å². The van der Waals surface area contributed by atoms with Crippen LogP contribution in [0.3, 0.4) is 0 Å². The second-order valence-corrected chi connectivity index (χ2v) is 7.94. The van der Waals surface area contributed by atoms with E-state index in [1.165, 1.54) is 25.3 Å². The topological polar surface area (TPSA) is 76.4 Å². The van der Waals surface area contributed by atoms with Gasteiger partial charge in [-0.3, -0.25) is 4.79 Å². The van der Waals surface area contributed by atoms with E-state index < -0.39 is 17.4 Å². The molecule has 2 aromatic carbocycles. The highest BCUT2D eigenvalue weighted by atomic mass is 35.5. The predicted octanol–water partition coefficient (Wildman–Crippen LogP) is 4.30. The summed E-state index contributed by atoms with van der Waals surface area (Å²) in [7, 11) is 1.52. The molecule has 0 radical (unpaired) electrons. The van der Waals surface area contributed by atoms with Crippen LogP contribution in [-0.2, 0) is 4.74 Å². The van der Waals surface area contributed by atoms with Crippen LogP contribution in [0.5, 0.6) is 0 Å². The lowest BCUT2D eigenvalue weighted by Crippen LogP contribution is -2.42. The van der Waals surface area contributed by atoms with Gasteiger partial charge in [0.2, 0.25) is 0 Å². The van der Waals surface area contributed by atoms with Gasteiger partial charge >= 0.3 is 0 Å². The normalized spacial score (nSPS) is 12.9. The van der Waals surface area contributed by atoms with Crippen LogP contribution in [-0.4, -0.2) is 40.7 Å². The predicted molar refractivity (Wildman–Crippen MR) is 125 cm³/mol. The summed E-state index contributed by atoms with van der Waals surface area (Å²) in [6, 6.07) is 11.5. The third-order valence-electron chi connectivity index (χ3n) is 5.00. The lowest BCUT2D eigenvalue weighted by Gasteiger charge is -2.24. The van der Waals surface area contributed by atoms with Gasteiger partial charge < -0.3 is 15.2 Å². The number of ether oxygens (including phenoxy) is 1. The highest BCUT2D eigenvalue weighted by Gasteiger charge is 2.20. The zero-order valence-electron chi connectivity index (χ0n) is 17.5. The largest absolute Gasteiger partial charge is 0.394 e. The first-order chi connectivity index (χ1) is 15.2. The molecule has 0 aliphatic carbocycles. The summed E-state index contributed by atoms with van der Waals surface area (Å²) in [5.74, 6) is -0.510. The number of benzene rings is 2. The van der Waals surface area contributed by atoms with Gasteiger partial charge in [0.15, 0.2) is 0 Å². The van der Waals surface area contributed by atoms with Gasteiger partial charge in [0.1, 0.15) is 5.82 Å². The summed E-state index contributed by atoms with van der Waals surface area (Å²) in [6.07, 6.45) is -0.349. The minimum Gasteiger partial charge on any atom is -0.394 e. The van der Waals surface area contributed by atoms with Gasteiger partial charge in [0, 0.05) is 18.4 Å². The zero-order chi connectivity index (χ0) is 23.4. The minimum atomic E-state index is -0.515. The molecule has 3 aromatic rings. The second-order valence-electron chi connectivity index (χ2n) is 7.12. The number of methoxy groups -OCH3 is 1. The minimum absolute atomic E-state index is 0.187. The van der Waals surface area contributed by atoms with E-state index in [9.17, 15) is 14.3 Å². The Kier molecular flexibility index (Phi) is 7.69. The highest BCUT2D eigenvalue weighted by Crippen LogP contribution is 2.28. The first-order valence-electron chi connectivity index (χ1n) is 9.70. The van der Waals surface area contributed by atoms with Crippen LogP contribution < -0.4 is 10.9 Å². The lowest BCUT2D eigenvalue weighted by molar-refractivity contribution is 0.0649. The Balaban J connectivity index is 2.17. The van der Waals surface area contributed by atoms with E-state index in [-0.39, 0.29) is 29.7 Å². The molecule has 0 amide bonds. The van der Waals surface area contributed by atoms with E-state index in [1.807, 2.05) is 0 Å². The maximum atomic E-state index is 13.9. The quantitative estimate of drug-likeness (QED) is 0.505. The first-order valence-corrected chi connectivity index (χ1v) is 10.5. The molecule has 0 saturated carbocycles. The van der Waals surface area contributed by atoms with Gasteiger partial charge in [0.25, 0.3) is 5.56 Å². The maximum Gasteiger partial charge on any atom is 0.280 e. The fourth-order valence-electron chi connectivity index (χ4n) is 3.07. The van der Waals surface area contributed by atoms with E-state index in [0.29, 0.717) is 21.3 Å². The number of nitrogens with zero attached hydrogens (tertiary/aromatic N) is 2. The Morgan fingerprint density at radius 3 is 2.62 bits per heavy atom. The average Bonchev–Trinajstić information content (AvgIpc) is 2.78. The summed E-state index contributed by atoms with van der Waals surface area (Å²) >= 11 is 12.2. The van der Waals surface area contributed by atoms with Gasteiger partial charge in [-0.1, -0.05) is 41.9 Å². The zero-order valence-corrected chi connectivity index (χ0v) is 19.0. The highest BCUT2D eigenvalue weighted by molar-refractivity contribution is 6.42. The van der Waals surface area contributed by atoms with Gasteiger partial charge in [-0.2, -0.15) is 9.78 Å². The van der Waals surface area contributed by atoms with Crippen molar-refractivity contribution >= 4 is 28.9 Å². The van der Waals surface area contributed by atoms with E-state index in [0.717, 1.165) is 4.68 Å². The van der Waals surface area contributed by atoms with E-state index in [2.05, 4.69) is 17.0 Å². The van der Waals surface area contributed by atoms with Crippen molar-refractivity contribution in [2.24, 2.45) is 0 Å². The molecule has 6 nitrogen and oxygen atoms in total. The number of nitrogens with one attached hydrogen (secondary N) is 1. The van der Waals surface area contributed by atoms with Crippen LogP contribution in [0.15, 0.2) is 59.9 Å². The Morgan fingerprint density at radius 1 is 1.25 bits per heavy atom. The number of hydrogen-bond acceptors (Lipinski definition) is 5.